The first kappa shape index (κ1) is 10.5. The van der Waals surface area contributed by atoms with Crippen LogP contribution >= 0.6 is 27.3 Å². The second kappa shape index (κ2) is 4.26. The first-order valence-electron chi connectivity index (χ1n) is 4.61. The SMILES string of the molecule is CC1CCC(C(O)c2nc(Br)cs2)O1. The number of hydrogen-bond acceptors (Lipinski definition) is 4. The lowest BCUT2D eigenvalue weighted by molar-refractivity contribution is -0.0298. The summed E-state index contributed by atoms with van der Waals surface area (Å²) in [5, 5.41) is 12.6. The standard InChI is InChI=1S/C9H12BrNO2S/c1-5-2-3-6(13-5)8(12)9-11-7(10)4-14-9/h4-6,8,12H,2-3H2,1H3. The summed E-state index contributed by atoms with van der Waals surface area (Å²) in [5.74, 6) is 0. The average molecular weight is 278 g/mol. The van der Waals surface area contributed by atoms with Crippen LogP contribution in [0.5, 0.6) is 0 Å². The van der Waals surface area contributed by atoms with Gasteiger partial charge in [0.15, 0.2) is 0 Å². The summed E-state index contributed by atoms with van der Waals surface area (Å²) < 4.78 is 6.37. The molecule has 1 aromatic heterocycles. The zero-order chi connectivity index (χ0) is 10.1. The minimum atomic E-state index is -0.573. The summed E-state index contributed by atoms with van der Waals surface area (Å²) in [5.41, 5.74) is 0. The first-order chi connectivity index (χ1) is 6.66. The molecule has 1 aromatic rings. The van der Waals surface area contributed by atoms with Crippen LogP contribution in [-0.4, -0.2) is 22.3 Å². The Labute approximate surface area is 95.3 Å². The highest BCUT2D eigenvalue weighted by Crippen LogP contribution is 2.32. The van der Waals surface area contributed by atoms with Crippen LogP contribution in [0, 0.1) is 0 Å². The summed E-state index contributed by atoms with van der Waals surface area (Å²) in [7, 11) is 0. The Morgan fingerprint density at radius 2 is 2.50 bits per heavy atom. The monoisotopic (exact) mass is 277 g/mol. The lowest BCUT2D eigenvalue weighted by atomic mass is 10.1. The van der Waals surface area contributed by atoms with Gasteiger partial charge in [-0.15, -0.1) is 11.3 Å². The predicted octanol–water partition coefficient (Wildman–Crippen LogP) is 2.51. The fourth-order valence-electron chi connectivity index (χ4n) is 1.63. The van der Waals surface area contributed by atoms with E-state index in [4.69, 9.17) is 4.74 Å². The number of rotatable bonds is 2. The van der Waals surface area contributed by atoms with Gasteiger partial charge in [0.25, 0.3) is 0 Å². The molecular weight excluding hydrogens is 266 g/mol. The predicted molar refractivity (Wildman–Crippen MR) is 58.3 cm³/mol. The van der Waals surface area contributed by atoms with Gasteiger partial charge in [0.2, 0.25) is 0 Å². The van der Waals surface area contributed by atoms with Crippen molar-refractivity contribution in [2.75, 3.05) is 0 Å². The molecule has 0 spiro atoms. The third-order valence-electron chi connectivity index (χ3n) is 2.36. The topological polar surface area (TPSA) is 42.4 Å². The molecule has 2 rings (SSSR count). The maximum Gasteiger partial charge on any atom is 0.132 e. The van der Waals surface area contributed by atoms with E-state index in [2.05, 4.69) is 20.9 Å². The highest BCUT2D eigenvalue weighted by Gasteiger charge is 2.30. The van der Waals surface area contributed by atoms with Gasteiger partial charge in [0, 0.05) is 5.38 Å². The van der Waals surface area contributed by atoms with Crippen molar-refractivity contribution < 1.29 is 9.84 Å². The van der Waals surface area contributed by atoms with Crippen molar-refractivity contribution in [1.82, 2.24) is 4.98 Å². The fourth-order valence-corrected chi connectivity index (χ4v) is 2.93. The number of halogens is 1. The largest absolute Gasteiger partial charge is 0.383 e. The van der Waals surface area contributed by atoms with Gasteiger partial charge in [-0.25, -0.2) is 4.98 Å². The maximum atomic E-state index is 9.95. The Balaban J connectivity index is 2.05. The molecule has 1 fully saturated rings. The molecule has 78 valence electrons. The number of aliphatic hydroxyl groups is 1. The molecule has 3 nitrogen and oxygen atoms in total. The van der Waals surface area contributed by atoms with Crippen LogP contribution in [0.3, 0.4) is 0 Å². The molecule has 1 aliphatic rings. The van der Waals surface area contributed by atoms with Crippen LogP contribution in [0.15, 0.2) is 9.98 Å². The van der Waals surface area contributed by atoms with Crippen molar-refractivity contribution in [3.63, 3.8) is 0 Å². The van der Waals surface area contributed by atoms with Crippen molar-refractivity contribution in [3.05, 3.63) is 15.0 Å². The molecule has 1 aliphatic heterocycles. The Morgan fingerprint density at radius 3 is 3.00 bits per heavy atom. The quantitative estimate of drug-likeness (QED) is 0.903. The van der Waals surface area contributed by atoms with Gasteiger partial charge in [0.1, 0.15) is 15.7 Å². The second-order valence-corrected chi connectivity index (χ2v) is 5.22. The summed E-state index contributed by atoms with van der Waals surface area (Å²) in [6, 6.07) is 0. The van der Waals surface area contributed by atoms with Gasteiger partial charge in [-0.2, -0.15) is 0 Å². The van der Waals surface area contributed by atoms with Crippen LogP contribution in [0.2, 0.25) is 0 Å². The number of hydrogen-bond donors (Lipinski definition) is 1. The number of aliphatic hydroxyl groups excluding tert-OH is 1. The molecule has 2 heterocycles. The van der Waals surface area contributed by atoms with Gasteiger partial charge in [-0.1, -0.05) is 0 Å². The minimum absolute atomic E-state index is 0.0805. The van der Waals surface area contributed by atoms with Crippen LogP contribution in [-0.2, 0) is 4.74 Å². The van der Waals surface area contributed by atoms with Gasteiger partial charge in [0.05, 0.1) is 12.2 Å². The number of aromatic nitrogens is 1. The molecule has 0 saturated carbocycles. The van der Waals surface area contributed by atoms with Crippen molar-refractivity contribution >= 4 is 27.3 Å². The molecule has 14 heavy (non-hydrogen) atoms. The zero-order valence-electron chi connectivity index (χ0n) is 7.81. The highest BCUT2D eigenvalue weighted by atomic mass is 79.9. The lowest BCUT2D eigenvalue weighted by Crippen LogP contribution is -2.18. The van der Waals surface area contributed by atoms with Crippen LogP contribution < -0.4 is 0 Å². The number of ether oxygens (including phenoxy) is 1. The van der Waals surface area contributed by atoms with E-state index < -0.39 is 6.10 Å². The molecule has 3 atom stereocenters. The molecule has 5 heteroatoms. The molecule has 0 aliphatic carbocycles. The lowest BCUT2D eigenvalue weighted by Gasteiger charge is -2.15. The van der Waals surface area contributed by atoms with E-state index in [1.54, 1.807) is 0 Å². The molecular formula is C9H12BrNO2S. The second-order valence-electron chi connectivity index (χ2n) is 3.52. The highest BCUT2D eigenvalue weighted by molar-refractivity contribution is 9.10. The third-order valence-corrected chi connectivity index (χ3v) is 3.99. The fraction of sp³-hybridized carbons (Fsp3) is 0.667. The summed E-state index contributed by atoms with van der Waals surface area (Å²) in [6.07, 6.45) is 1.55. The van der Waals surface area contributed by atoms with E-state index in [0.29, 0.717) is 0 Å². The first-order valence-corrected chi connectivity index (χ1v) is 6.28. The van der Waals surface area contributed by atoms with E-state index in [-0.39, 0.29) is 12.2 Å². The van der Waals surface area contributed by atoms with Gasteiger partial charge in [-0.05, 0) is 35.7 Å². The molecule has 0 radical (unpaired) electrons. The van der Waals surface area contributed by atoms with Gasteiger partial charge >= 0.3 is 0 Å². The smallest absolute Gasteiger partial charge is 0.132 e. The molecule has 0 bridgehead atoms. The van der Waals surface area contributed by atoms with Crippen molar-refractivity contribution in [2.24, 2.45) is 0 Å². The van der Waals surface area contributed by atoms with Crippen LogP contribution in [0.1, 0.15) is 30.9 Å². The minimum Gasteiger partial charge on any atom is -0.383 e. The van der Waals surface area contributed by atoms with Crippen LogP contribution in [0.25, 0.3) is 0 Å². The Morgan fingerprint density at radius 1 is 1.71 bits per heavy atom. The Bertz CT molecular complexity index is 318. The third kappa shape index (κ3) is 2.16. The molecule has 1 saturated heterocycles. The maximum absolute atomic E-state index is 9.95. The molecule has 0 amide bonds. The summed E-state index contributed by atoms with van der Waals surface area (Å²) >= 11 is 4.73. The van der Waals surface area contributed by atoms with E-state index in [1.165, 1.54) is 11.3 Å². The van der Waals surface area contributed by atoms with Crippen molar-refractivity contribution in [2.45, 2.75) is 38.1 Å². The van der Waals surface area contributed by atoms with Gasteiger partial charge < -0.3 is 9.84 Å². The summed E-state index contributed by atoms with van der Waals surface area (Å²) in [6.45, 7) is 2.03. The van der Waals surface area contributed by atoms with Crippen molar-refractivity contribution in [3.8, 4) is 0 Å². The normalized spacial score (nSPS) is 29.4. The summed E-state index contributed by atoms with van der Waals surface area (Å²) in [4.78, 5) is 4.19. The Hall–Kier alpha value is 0.0300. The molecule has 0 aromatic carbocycles. The van der Waals surface area contributed by atoms with E-state index in [0.717, 1.165) is 22.5 Å². The van der Waals surface area contributed by atoms with Gasteiger partial charge in [-0.3, -0.25) is 0 Å². The average Bonchev–Trinajstić information content (AvgIpc) is 2.73. The zero-order valence-corrected chi connectivity index (χ0v) is 10.2. The molecule has 3 unspecified atom stereocenters. The van der Waals surface area contributed by atoms with Crippen LogP contribution in [0.4, 0.5) is 0 Å². The van der Waals surface area contributed by atoms with E-state index in [1.807, 2.05) is 12.3 Å². The van der Waals surface area contributed by atoms with Crippen molar-refractivity contribution in [1.29, 1.82) is 0 Å². The number of nitrogens with zero attached hydrogens (tertiary/aromatic N) is 1. The number of thiazole rings is 1. The van der Waals surface area contributed by atoms with E-state index >= 15 is 0 Å². The Kier molecular flexibility index (Phi) is 3.21. The van der Waals surface area contributed by atoms with E-state index in [9.17, 15) is 5.11 Å². The molecule has 1 N–H and O–H groups in total.